The number of hydrogen-bond donors (Lipinski definition) is 1. The third-order valence-electron chi connectivity index (χ3n) is 1.83. The average Bonchev–Trinajstić information content (AvgIpc) is 2.25. The van der Waals surface area contributed by atoms with Crippen LogP contribution in [0.5, 0.6) is 5.75 Å². The molecule has 3 nitrogen and oxygen atoms in total. The van der Waals surface area contributed by atoms with E-state index < -0.39 is 18.9 Å². The number of benzene rings is 1. The van der Waals surface area contributed by atoms with Gasteiger partial charge >= 0.3 is 0 Å². The summed E-state index contributed by atoms with van der Waals surface area (Å²) in [4.78, 5) is 11.5. The Kier molecular flexibility index (Phi) is 4.67. The Morgan fingerprint density at radius 2 is 2.25 bits per heavy atom. The summed E-state index contributed by atoms with van der Waals surface area (Å²) < 4.78 is 29.5. The van der Waals surface area contributed by atoms with Crippen molar-refractivity contribution in [1.29, 1.82) is 0 Å². The molecule has 0 bridgehead atoms. The van der Waals surface area contributed by atoms with Crippen LogP contribution in [0, 0.1) is 0 Å². The van der Waals surface area contributed by atoms with Crippen LogP contribution in [-0.2, 0) is 0 Å². The zero-order valence-electron chi connectivity index (χ0n) is 8.47. The van der Waals surface area contributed by atoms with Crippen LogP contribution in [0.1, 0.15) is 10.4 Å². The van der Waals surface area contributed by atoms with Crippen molar-refractivity contribution in [3.63, 3.8) is 0 Å². The minimum Gasteiger partial charge on any atom is -0.496 e. The van der Waals surface area contributed by atoms with Crippen LogP contribution in [0.15, 0.2) is 22.7 Å². The molecular weight excluding hydrogens is 284 g/mol. The van der Waals surface area contributed by atoms with Crippen molar-refractivity contribution in [2.24, 2.45) is 0 Å². The van der Waals surface area contributed by atoms with E-state index in [-0.39, 0.29) is 5.56 Å². The van der Waals surface area contributed by atoms with E-state index in [0.717, 1.165) is 4.47 Å². The van der Waals surface area contributed by atoms with Crippen LogP contribution in [-0.4, -0.2) is 26.0 Å². The van der Waals surface area contributed by atoms with E-state index in [0.29, 0.717) is 5.75 Å². The van der Waals surface area contributed by atoms with Crippen LogP contribution < -0.4 is 10.1 Å². The molecule has 0 fully saturated rings. The van der Waals surface area contributed by atoms with Crippen molar-refractivity contribution in [3.8, 4) is 5.75 Å². The molecule has 0 heterocycles. The molecule has 0 saturated carbocycles. The molecule has 1 N–H and O–H groups in total. The van der Waals surface area contributed by atoms with Gasteiger partial charge < -0.3 is 10.1 Å². The van der Waals surface area contributed by atoms with Gasteiger partial charge in [0.1, 0.15) is 5.75 Å². The van der Waals surface area contributed by atoms with Crippen molar-refractivity contribution in [3.05, 3.63) is 28.2 Å². The van der Waals surface area contributed by atoms with Gasteiger partial charge in [0.05, 0.1) is 19.2 Å². The topological polar surface area (TPSA) is 38.3 Å². The summed E-state index contributed by atoms with van der Waals surface area (Å²) in [5.74, 6) is -0.245. The summed E-state index contributed by atoms with van der Waals surface area (Å²) in [5.41, 5.74) is 0.228. The normalized spacial score (nSPS) is 10.3. The Morgan fingerprint density at radius 1 is 1.56 bits per heavy atom. The summed E-state index contributed by atoms with van der Waals surface area (Å²) in [6, 6.07) is 4.74. The SMILES string of the molecule is COc1cc(Br)ccc1C(=O)NCC(F)F. The Hall–Kier alpha value is -1.17. The lowest BCUT2D eigenvalue weighted by atomic mass is 10.2. The molecule has 0 saturated heterocycles. The zero-order chi connectivity index (χ0) is 12.1. The first-order valence-corrected chi connectivity index (χ1v) is 5.23. The van der Waals surface area contributed by atoms with Crippen molar-refractivity contribution >= 4 is 21.8 Å². The minimum absolute atomic E-state index is 0.228. The zero-order valence-corrected chi connectivity index (χ0v) is 10.1. The number of alkyl halides is 2. The molecule has 0 aromatic heterocycles. The van der Waals surface area contributed by atoms with Crippen molar-refractivity contribution in [2.75, 3.05) is 13.7 Å². The lowest BCUT2D eigenvalue weighted by Crippen LogP contribution is -2.28. The molecule has 88 valence electrons. The second kappa shape index (κ2) is 5.79. The first-order valence-electron chi connectivity index (χ1n) is 4.44. The maximum absolute atomic E-state index is 11.9. The first-order chi connectivity index (χ1) is 7.54. The van der Waals surface area contributed by atoms with Gasteiger partial charge in [-0.05, 0) is 18.2 Å². The molecule has 6 heteroatoms. The molecule has 1 aromatic rings. The molecule has 0 aliphatic carbocycles. The van der Waals surface area contributed by atoms with E-state index in [4.69, 9.17) is 4.74 Å². The second-order valence-electron chi connectivity index (χ2n) is 2.95. The molecule has 0 spiro atoms. The van der Waals surface area contributed by atoms with E-state index in [1.807, 2.05) is 0 Å². The van der Waals surface area contributed by atoms with Gasteiger partial charge in [-0.1, -0.05) is 15.9 Å². The van der Waals surface area contributed by atoms with E-state index in [1.54, 1.807) is 12.1 Å². The quantitative estimate of drug-likeness (QED) is 0.926. The summed E-state index contributed by atoms with van der Waals surface area (Å²) in [5, 5.41) is 2.11. The van der Waals surface area contributed by atoms with Crippen molar-refractivity contribution in [2.45, 2.75) is 6.43 Å². The number of rotatable bonds is 4. The smallest absolute Gasteiger partial charge is 0.255 e. The van der Waals surface area contributed by atoms with Crippen LogP contribution in [0.25, 0.3) is 0 Å². The Labute approximate surface area is 99.9 Å². The maximum atomic E-state index is 11.9. The number of halogens is 3. The molecule has 1 aromatic carbocycles. The van der Waals surface area contributed by atoms with Crippen LogP contribution in [0.4, 0.5) is 8.78 Å². The molecule has 1 amide bonds. The fraction of sp³-hybridized carbons (Fsp3) is 0.300. The predicted molar refractivity (Wildman–Crippen MR) is 59.0 cm³/mol. The van der Waals surface area contributed by atoms with Gasteiger partial charge in [-0.25, -0.2) is 8.78 Å². The van der Waals surface area contributed by atoms with Gasteiger partial charge in [0.15, 0.2) is 0 Å². The number of amides is 1. The highest BCUT2D eigenvalue weighted by atomic mass is 79.9. The van der Waals surface area contributed by atoms with Gasteiger partial charge in [-0.3, -0.25) is 4.79 Å². The maximum Gasteiger partial charge on any atom is 0.255 e. The number of nitrogens with one attached hydrogen (secondary N) is 1. The highest BCUT2D eigenvalue weighted by Gasteiger charge is 2.13. The number of hydrogen-bond acceptors (Lipinski definition) is 2. The lowest BCUT2D eigenvalue weighted by molar-refractivity contribution is 0.0889. The predicted octanol–water partition coefficient (Wildman–Crippen LogP) is 2.45. The van der Waals surface area contributed by atoms with Gasteiger partial charge in [-0.15, -0.1) is 0 Å². The monoisotopic (exact) mass is 293 g/mol. The van der Waals surface area contributed by atoms with E-state index >= 15 is 0 Å². The van der Waals surface area contributed by atoms with Crippen LogP contribution in [0.3, 0.4) is 0 Å². The number of ether oxygens (including phenoxy) is 1. The highest BCUT2D eigenvalue weighted by molar-refractivity contribution is 9.10. The summed E-state index contributed by atoms with van der Waals surface area (Å²) >= 11 is 3.22. The Morgan fingerprint density at radius 3 is 2.81 bits per heavy atom. The summed E-state index contributed by atoms with van der Waals surface area (Å²) in [6.07, 6.45) is -2.56. The summed E-state index contributed by atoms with van der Waals surface area (Å²) in [7, 11) is 1.41. The molecule has 0 aliphatic heterocycles. The van der Waals surface area contributed by atoms with E-state index in [2.05, 4.69) is 21.2 Å². The van der Waals surface area contributed by atoms with E-state index in [1.165, 1.54) is 13.2 Å². The van der Waals surface area contributed by atoms with Gasteiger partial charge in [0.25, 0.3) is 12.3 Å². The lowest BCUT2D eigenvalue weighted by Gasteiger charge is -2.09. The Bertz CT molecular complexity index is 385. The molecule has 0 aliphatic rings. The number of carbonyl (C=O) groups excluding carboxylic acids is 1. The number of carbonyl (C=O) groups is 1. The van der Waals surface area contributed by atoms with Gasteiger partial charge in [0.2, 0.25) is 0 Å². The molecule has 0 radical (unpaired) electrons. The fourth-order valence-corrected chi connectivity index (χ4v) is 1.46. The third-order valence-corrected chi connectivity index (χ3v) is 2.32. The standard InChI is InChI=1S/C10H10BrF2NO2/c1-16-8-4-6(11)2-3-7(8)10(15)14-5-9(12)13/h2-4,9H,5H2,1H3,(H,14,15). The van der Waals surface area contributed by atoms with Crippen molar-refractivity contribution < 1.29 is 18.3 Å². The van der Waals surface area contributed by atoms with Crippen molar-refractivity contribution in [1.82, 2.24) is 5.32 Å². The van der Waals surface area contributed by atoms with Crippen LogP contribution in [0.2, 0.25) is 0 Å². The van der Waals surface area contributed by atoms with Gasteiger partial charge in [-0.2, -0.15) is 0 Å². The fourth-order valence-electron chi connectivity index (χ4n) is 1.12. The van der Waals surface area contributed by atoms with Crippen LogP contribution >= 0.6 is 15.9 Å². The molecule has 0 unspecified atom stereocenters. The summed E-state index contributed by atoms with van der Waals surface area (Å²) in [6.45, 7) is -0.669. The Balaban J connectivity index is 2.82. The minimum atomic E-state index is -2.56. The van der Waals surface area contributed by atoms with Gasteiger partial charge in [0, 0.05) is 4.47 Å². The largest absolute Gasteiger partial charge is 0.496 e. The van der Waals surface area contributed by atoms with E-state index in [9.17, 15) is 13.6 Å². The number of methoxy groups -OCH3 is 1. The highest BCUT2D eigenvalue weighted by Crippen LogP contribution is 2.23. The molecule has 1 rings (SSSR count). The first kappa shape index (κ1) is 12.9. The average molecular weight is 294 g/mol. The molecular formula is C10H10BrF2NO2. The molecule has 16 heavy (non-hydrogen) atoms. The third kappa shape index (κ3) is 3.44. The molecule has 0 atom stereocenters. The second-order valence-corrected chi connectivity index (χ2v) is 3.86.